The molecule has 2 rings (SSSR count). The van der Waals surface area contributed by atoms with Crippen molar-refractivity contribution >= 4 is 11.6 Å². The summed E-state index contributed by atoms with van der Waals surface area (Å²) in [5.41, 5.74) is 0.642. The van der Waals surface area contributed by atoms with Crippen molar-refractivity contribution in [2.45, 2.75) is 18.8 Å². The number of rotatable bonds is 2. The lowest BCUT2D eigenvalue weighted by Crippen LogP contribution is -2.28. The summed E-state index contributed by atoms with van der Waals surface area (Å²) in [6, 6.07) is 1.47. The molecule has 2 nitrogen and oxygen atoms in total. The van der Waals surface area contributed by atoms with Crippen LogP contribution in [0.5, 0.6) is 5.75 Å². The van der Waals surface area contributed by atoms with E-state index in [4.69, 9.17) is 16.3 Å². The predicted molar refractivity (Wildman–Crippen MR) is 62.8 cm³/mol. The zero-order valence-electron chi connectivity index (χ0n) is 9.53. The van der Waals surface area contributed by atoms with Gasteiger partial charge in [-0.05, 0) is 25.5 Å². The molecular weight excluding hydrogens is 248 g/mol. The number of benzene rings is 1. The highest BCUT2D eigenvalue weighted by molar-refractivity contribution is 6.30. The highest BCUT2D eigenvalue weighted by Gasteiger charge is 2.25. The molecule has 1 aliphatic heterocycles. The summed E-state index contributed by atoms with van der Waals surface area (Å²) in [6.45, 7) is 1.69. The second-order valence-electron chi connectivity index (χ2n) is 4.15. The molecule has 1 fully saturated rings. The van der Waals surface area contributed by atoms with Gasteiger partial charge in [-0.15, -0.1) is 0 Å². The van der Waals surface area contributed by atoms with Crippen molar-refractivity contribution in [3.63, 3.8) is 0 Å². The predicted octanol–water partition coefficient (Wildman–Crippen LogP) is 3.09. The summed E-state index contributed by atoms with van der Waals surface area (Å²) in [5, 5.41) is 3.03. The van der Waals surface area contributed by atoms with Crippen LogP contribution < -0.4 is 10.1 Å². The van der Waals surface area contributed by atoms with E-state index in [-0.39, 0.29) is 16.7 Å². The van der Waals surface area contributed by atoms with Crippen molar-refractivity contribution < 1.29 is 13.5 Å². The molecule has 1 N–H and O–H groups in total. The van der Waals surface area contributed by atoms with Crippen LogP contribution in [0, 0.1) is 11.6 Å². The first-order valence-electron chi connectivity index (χ1n) is 5.57. The van der Waals surface area contributed by atoms with Crippen LogP contribution >= 0.6 is 11.6 Å². The van der Waals surface area contributed by atoms with Gasteiger partial charge in [0.15, 0.2) is 11.6 Å². The maximum absolute atomic E-state index is 13.7. The van der Waals surface area contributed by atoms with Gasteiger partial charge in [-0.2, -0.15) is 4.39 Å². The summed E-state index contributed by atoms with van der Waals surface area (Å²) < 4.78 is 32.0. The van der Waals surface area contributed by atoms with Gasteiger partial charge < -0.3 is 10.1 Å². The quantitative estimate of drug-likeness (QED) is 0.826. The first kappa shape index (κ1) is 12.6. The van der Waals surface area contributed by atoms with Gasteiger partial charge in [-0.1, -0.05) is 11.6 Å². The van der Waals surface area contributed by atoms with Crippen LogP contribution in [0.1, 0.15) is 24.3 Å². The Bertz CT molecular complexity index is 419. The Morgan fingerprint density at radius 1 is 1.41 bits per heavy atom. The number of hydrogen-bond acceptors (Lipinski definition) is 2. The lowest BCUT2D eigenvalue weighted by Gasteiger charge is -2.25. The van der Waals surface area contributed by atoms with Crippen molar-refractivity contribution in [3.05, 3.63) is 28.3 Å². The normalized spacial score (nSPS) is 20.4. The van der Waals surface area contributed by atoms with Crippen LogP contribution in [0.25, 0.3) is 0 Å². The van der Waals surface area contributed by atoms with E-state index in [2.05, 4.69) is 5.32 Å². The molecule has 0 bridgehead atoms. The topological polar surface area (TPSA) is 21.3 Å². The summed E-state index contributed by atoms with van der Waals surface area (Å²) in [7, 11) is 1.34. The fourth-order valence-electron chi connectivity index (χ4n) is 2.22. The molecule has 1 atom stereocenters. The van der Waals surface area contributed by atoms with E-state index in [1.165, 1.54) is 13.2 Å². The fourth-order valence-corrected chi connectivity index (χ4v) is 2.43. The van der Waals surface area contributed by atoms with Gasteiger partial charge in [0.05, 0.1) is 12.1 Å². The molecule has 1 aliphatic rings. The van der Waals surface area contributed by atoms with Crippen LogP contribution in [-0.2, 0) is 0 Å². The highest BCUT2D eigenvalue weighted by atomic mass is 35.5. The highest BCUT2D eigenvalue weighted by Crippen LogP contribution is 2.37. The van der Waals surface area contributed by atoms with E-state index in [9.17, 15) is 8.78 Å². The van der Waals surface area contributed by atoms with Crippen molar-refractivity contribution in [2.75, 3.05) is 20.2 Å². The van der Waals surface area contributed by atoms with E-state index in [0.717, 1.165) is 25.9 Å². The molecule has 17 heavy (non-hydrogen) atoms. The number of nitrogens with one attached hydrogen (secondary N) is 1. The van der Waals surface area contributed by atoms with E-state index in [1.807, 2.05) is 0 Å². The number of methoxy groups -OCH3 is 1. The standard InChI is InChI=1S/C12H14ClF2NO/c1-17-12-8(7-3-2-4-16-6-7)5-9(13)10(14)11(12)15/h5,7,16H,2-4,6H2,1H3. The van der Waals surface area contributed by atoms with Crippen LogP contribution in [0.4, 0.5) is 8.78 Å². The Hall–Kier alpha value is -0.870. The van der Waals surface area contributed by atoms with Crippen molar-refractivity contribution in [3.8, 4) is 5.75 Å². The number of ether oxygens (including phenoxy) is 1. The lowest BCUT2D eigenvalue weighted by molar-refractivity contribution is 0.356. The third-order valence-electron chi connectivity index (χ3n) is 3.09. The molecule has 1 saturated heterocycles. The molecule has 0 spiro atoms. The Kier molecular flexibility index (Phi) is 3.84. The van der Waals surface area contributed by atoms with E-state index < -0.39 is 11.6 Å². The van der Waals surface area contributed by atoms with Crippen molar-refractivity contribution in [1.82, 2.24) is 5.32 Å². The third-order valence-corrected chi connectivity index (χ3v) is 3.36. The Labute approximate surface area is 104 Å². The minimum Gasteiger partial charge on any atom is -0.493 e. The zero-order valence-corrected chi connectivity index (χ0v) is 10.3. The zero-order chi connectivity index (χ0) is 12.4. The van der Waals surface area contributed by atoms with Gasteiger partial charge >= 0.3 is 0 Å². The summed E-state index contributed by atoms with van der Waals surface area (Å²) >= 11 is 5.68. The molecule has 5 heteroatoms. The number of hydrogen-bond donors (Lipinski definition) is 1. The SMILES string of the molecule is COc1c(C2CCCNC2)cc(Cl)c(F)c1F. The average molecular weight is 262 g/mol. The molecule has 0 aromatic heterocycles. The molecule has 0 aliphatic carbocycles. The minimum absolute atomic E-state index is 0.0272. The fraction of sp³-hybridized carbons (Fsp3) is 0.500. The first-order chi connectivity index (χ1) is 8.15. The van der Waals surface area contributed by atoms with E-state index in [1.54, 1.807) is 0 Å². The second kappa shape index (κ2) is 5.19. The van der Waals surface area contributed by atoms with Crippen molar-refractivity contribution in [1.29, 1.82) is 0 Å². The van der Waals surface area contributed by atoms with Gasteiger partial charge in [-0.25, -0.2) is 4.39 Å². The third kappa shape index (κ3) is 2.38. The smallest absolute Gasteiger partial charge is 0.202 e. The minimum atomic E-state index is -1.05. The van der Waals surface area contributed by atoms with Crippen molar-refractivity contribution in [2.24, 2.45) is 0 Å². The van der Waals surface area contributed by atoms with Crippen LogP contribution in [0.15, 0.2) is 6.07 Å². The maximum Gasteiger partial charge on any atom is 0.202 e. The van der Waals surface area contributed by atoms with Gasteiger partial charge in [0.1, 0.15) is 0 Å². The molecule has 1 heterocycles. The molecule has 0 saturated carbocycles. The molecule has 1 unspecified atom stereocenters. The largest absolute Gasteiger partial charge is 0.493 e. The first-order valence-corrected chi connectivity index (χ1v) is 5.95. The molecular formula is C12H14ClF2NO. The van der Waals surface area contributed by atoms with Gasteiger partial charge in [0.2, 0.25) is 5.82 Å². The molecule has 1 aromatic carbocycles. The Balaban J connectivity index is 2.44. The summed E-state index contributed by atoms with van der Waals surface area (Å²) in [4.78, 5) is 0. The van der Waals surface area contributed by atoms with E-state index >= 15 is 0 Å². The van der Waals surface area contributed by atoms with Crippen LogP contribution in [0.2, 0.25) is 5.02 Å². The number of halogens is 3. The summed E-state index contributed by atoms with van der Waals surface area (Å²) in [5.74, 6) is -1.96. The van der Waals surface area contributed by atoms with Gasteiger partial charge in [0, 0.05) is 18.0 Å². The van der Waals surface area contributed by atoms with Gasteiger partial charge in [-0.3, -0.25) is 0 Å². The Morgan fingerprint density at radius 2 is 2.18 bits per heavy atom. The van der Waals surface area contributed by atoms with Gasteiger partial charge in [0.25, 0.3) is 0 Å². The second-order valence-corrected chi connectivity index (χ2v) is 4.56. The monoisotopic (exact) mass is 261 g/mol. The van der Waals surface area contributed by atoms with Crippen LogP contribution in [-0.4, -0.2) is 20.2 Å². The molecule has 0 amide bonds. The molecule has 94 valence electrons. The van der Waals surface area contributed by atoms with E-state index in [0.29, 0.717) is 5.56 Å². The molecule has 1 aromatic rings. The lowest BCUT2D eigenvalue weighted by atomic mass is 9.91. The Morgan fingerprint density at radius 3 is 2.76 bits per heavy atom. The average Bonchev–Trinajstić information content (AvgIpc) is 2.36. The summed E-state index contributed by atoms with van der Waals surface area (Å²) in [6.07, 6.45) is 1.93. The maximum atomic E-state index is 13.7. The van der Waals surface area contributed by atoms with Crippen LogP contribution in [0.3, 0.4) is 0 Å². The number of piperidine rings is 1. The molecule has 0 radical (unpaired) electrons.